The van der Waals surface area contributed by atoms with E-state index in [0.29, 0.717) is 16.7 Å². The third-order valence-electron chi connectivity index (χ3n) is 3.49. The van der Waals surface area contributed by atoms with Crippen molar-refractivity contribution in [2.24, 2.45) is 0 Å². The third-order valence-corrected chi connectivity index (χ3v) is 3.49. The second kappa shape index (κ2) is 4.52. The predicted molar refractivity (Wildman–Crippen MR) is 82.2 cm³/mol. The molecule has 3 heterocycles. The normalized spacial score (nSPS) is 11.0. The molecule has 0 bridgehead atoms. The van der Waals surface area contributed by atoms with E-state index in [1.165, 1.54) is 0 Å². The summed E-state index contributed by atoms with van der Waals surface area (Å²) in [6, 6.07) is 17.3. The lowest BCUT2D eigenvalue weighted by molar-refractivity contribution is 1.07. The maximum absolute atomic E-state index is 12.6. The molecular weight excluding hydrogens is 262 g/mol. The summed E-state index contributed by atoms with van der Waals surface area (Å²) >= 11 is 0. The van der Waals surface area contributed by atoms with E-state index in [-0.39, 0.29) is 5.56 Å². The van der Waals surface area contributed by atoms with Crippen LogP contribution in [-0.4, -0.2) is 14.4 Å². The van der Waals surface area contributed by atoms with Gasteiger partial charge in [0, 0.05) is 12.4 Å². The van der Waals surface area contributed by atoms with Crippen molar-refractivity contribution in [2.75, 3.05) is 0 Å². The van der Waals surface area contributed by atoms with Crippen molar-refractivity contribution >= 4 is 16.7 Å². The monoisotopic (exact) mass is 273 g/mol. The first kappa shape index (κ1) is 11.8. The molecule has 1 aromatic carbocycles. The molecule has 0 aliphatic rings. The van der Waals surface area contributed by atoms with E-state index in [9.17, 15) is 4.79 Å². The fraction of sp³-hybridized carbons (Fsp3) is 0. The maximum atomic E-state index is 12.6. The second-order valence-electron chi connectivity index (χ2n) is 4.80. The van der Waals surface area contributed by atoms with Crippen LogP contribution in [0.4, 0.5) is 0 Å². The number of hydrogen-bond donors (Lipinski definition) is 0. The van der Waals surface area contributed by atoms with E-state index in [4.69, 9.17) is 0 Å². The SMILES string of the molecule is O=c1c2cccnc2nc2ccc(-c3ccccc3)cn12. The average molecular weight is 273 g/mol. The zero-order valence-corrected chi connectivity index (χ0v) is 11.1. The van der Waals surface area contributed by atoms with Gasteiger partial charge in [-0.15, -0.1) is 0 Å². The number of nitrogens with zero attached hydrogens (tertiary/aromatic N) is 3. The molecule has 4 nitrogen and oxygen atoms in total. The summed E-state index contributed by atoms with van der Waals surface area (Å²) < 4.78 is 1.58. The fourth-order valence-corrected chi connectivity index (χ4v) is 2.44. The first-order valence-electron chi connectivity index (χ1n) is 6.65. The van der Waals surface area contributed by atoms with Gasteiger partial charge < -0.3 is 0 Å². The van der Waals surface area contributed by atoms with Gasteiger partial charge in [-0.3, -0.25) is 9.20 Å². The quantitative estimate of drug-likeness (QED) is 0.501. The molecule has 4 rings (SSSR count). The number of fused-ring (bicyclic) bond motifs is 2. The number of rotatable bonds is 1. The minimum atomic E-state index is -0.0964. The summed E-state index contributed by atoms with van der Waals surface area (Å²) in [5.41, 5.74) is 3.04. The number of pyridine rings is 2. The first-order chi connectivity index (χ1) is 10.3. The molecule has 0 aliphatic heterocycles. The van der Waals surface area contributed by atoms with Crippen LogP contribution >= 0.6 is 0 Å². The van der Waals surface area contributed by atoms with E-state index in [2.05, 4.69) is 9.97 Å². The first-order valence-corrected chi connectivity index (χ1v) is 6.65. The Morgan fingerprint density at radius 2 is 1.71 bits per heavy atom. The Kier molecular flexibility index (Phi) is 2.54. The Morgan fingerprint density at radius 1 is 0.857 bits per heavy atom. The topological polar surface area (TPSA) is 47.3 Å². The summed E-state index contributed by atoms with van der Waals surface area (Å²) in [6.45, 7) is 0. The largest absolute Gasteiger partial charge is 0.268 e. The molecule has 0 amide bonds. The summed E-state index contributed by atoms with van der Waals surface area (Å²) in [6.07, 6.45) is 3.47. The van der Waals surface area contributed by atoms with E-state index in [0.717, 1.165) is 11.1 Å². The Hall–Kier alpha value is -3.01. The summed E-state index contributed by atoms with van der Waals surface area (Å²) in [4.78, 5) is 21.1. The molecule has 4 heteroatoms. The molecule has 0 saturated heterocycles. The van der Waals surface area contributed by atoms with Crippen molar-refractivity contribution in [3.8, 4) is 11.1 Å². The Labute approximate surface area is 120 Å². The van der Waals surface area contributed by atoms with Gasteiger partial charge in [0.25, 0.3) is 5.56 Å². The molecule has 0 N–H and O–H groups in total. The van der Waals surface area contributed by atoms with Gasteiger partial charge in [-0.2, -0.15) is 0 Å². The van der Waals surface area contributed by atoms with Crippen LogP contribution in [0.15, 0.2) is 71.8 Å². The lowest BCUT2D eigenvalue weighted by Gasteiger charge is -2.06. The molecule has 3 aromatic heterocycles. The van der Waals surface area contributed by atoms with Crippen LogP contribution in [0.1, 0.15) is 0 Å². The van der Waals surface area contributed by atoms with E-state index < -0.39 is 0 Å². The minimum Gasteiger partial charge on any atom is -0.268 e. The van der Waals surface area contributed by atoms with E-state index in [1.54, 1.807) is 22.7 Å². The van der Waals surface area contributed by atoms with Crippen LogP contribution in [0.3, 0.4) is 0 Å². The zero-order valence-electron chi connectivity index (χ0n) is 11.1. The smallest absolute Gasteiger partial charge is 0.267 e. The molecule has 0 spiro atoms. The van der Waals surface area contributed by atoms with E-state index in [1.807, 2.05) is 48.7 Å². The van der Waals surface area contributed by atoms with Gasteiger partial charge in [-0.05, 0) is 35.4 Å². The van der Waals surface area contributed by atoms with Crippen molar-refractivity contribution in [3.63, 3.8) is 0 Å². The molecule has 0 unspecified atom stereocenters. The van der Waals surface area contributed by atoms with Gasteiger partial charge >= 0.3 is 0 Å². The number of benzene rings is 1. The van der Waals surface area contributed by atoms with Crippen molar-refractivity contribution < 1.29 is 0 Å². The maximum Gasteiger partial charge on any atom is 0.267 e. The lowest BCUT2D eigenvalue weighted by atomic mass is 10.1. The van der Waals surface area contributed by atoms with Crippen LogP contribution in [0, 0.1) is 0 Å². The zero-order chi connectivity index (χ0) is 14.2. The highest BCUT2D eigenvalue weighted by Crippen LogP contribution is 2.19. The average Bonchev–Trinajstić information content (AvgIpc) is 2.56. The van der Waals surface area contributed by atoms with Crippen LogP contribution in [-0.2, 0) is 0 Å². The van der Waals surface area contributed by atoms with Gasteiger partial charge in [0.05, 0.1) is 5.39 Å². The molecule has 0 radical (unpaired) electrons. The van der Waals surface area contributed by atoms with Crippen molar-refractivity contribution in [3.05, 3.63) is 77.3 Å². The van der Waals surface area contributed by atoms with Gasteiger partial charge in [0.1, 0.15) is 5.65 Å². The molecule has 0 fully saturated rings. The fourth-order valence-electron chi connectivity index (χ4n) is 2.44. The molecule has 0 aliphatic carbocycles. The number of hydrogen-bond acceptors (Lipinski definition) is 3. The Morgan fingerprint density at radius 3 is 2.57 bits per heavy atom. The van der Waals surface area contributed by atoms with Crippen LogP contribution in [0.2, 0.25) is 0 Å². The molecule has 21 heavy (non-hydrogen) atoms. The number of aromatic nitrogens is 3. The van der Waals surface area contributed by atoms with Crippen LogP contribution < -0.4 is 5.56 Å². The second-order valence-corrected chi connectivity index (χ2v) is 4.80. The van der Waals surface area contributed by atoms with Gasteiger partial charge in [-0.1, -0.05) is 30.3 Å². The highest BCUT2D eigenvalue weighted by atomic mass is 16.1. The van der Waals surface area contributed by atoms with E-state index >= 15 is 0 Å². The molecule has 100 valence electrons. The van der Waals surface area contributed by atoms with Gasteiger partial charge in [0.2, 0.25) is 0 Å². The summed E-state index contributed by atoms with van der Waals surface area (Å²) in [5, 5.41) is 0.528. The Balaban J connectivity index is 2.06. The summed E-state index contributed by atoms with van der Waals surface area (Å²) in [7, 11) is 0. The van der Waals surface area contributed by atoms with Gasteiger partial charge in [0.15, 0.2) is 5.65 Å². The van der Waals surface area contributed by atoms with Gasteiger partial charge in [-0.25, -0.2) is 9.97 Å². The molecule has 4 aromatic rings. The molecule has 0 atom stereocenters. The van der Waals surface area contributed by atoms with Crippen LogP contribution in [0.25, 0.3) is 27.8 Å². The minimum absolute atomic E-state index is 0.0964. The lowest BCUT2D eigenvalue weighted by Crippen LogP contribution is -2.15. The van der Waals surface area contributed by atoms with Crippen molar-refractivity contribution in [1.29, 1.82) is 0 Å². The Bertz CT molecular complexity index is 1010. The van der Waals surface area contributed by atoms with Crippen molar-refractivity contribution in [1.82, 2.24) is 14.4 Å². The predicted octanol–water partition coefficient (Wildman–Crippen LogP) is 2.91. The highest BCUT2D eigenvalue weighted by Gasteiger charge is 2.06. The highest BCUT2D eigenvalue weighted by molar-refractivity contribution is 5.76. The van der Waals surface area contributed by atoms with Crippen molar-refractivity contribution in [2.45, 2.75) is 0 Å². The third kappa shape index (κ3) is 1.89. The van der Waals surface area contributed by atoms with Crippen LogP contribution in [0.5, 0.6) is 0 Å². The molecule has 0 saturated carbocycles. The molecular formula is C17H11N3O. The summed E-state index contributed by atoms with van der Waals surface area (Å²) in [5.74, 6) is 0. The standard InChI is InChI=1S/C17H11N3O/c21-17-14-7-4-10-18-16(14)19-15-9-8-13(11-20(15)17)12-5-2-1-3-6-12/h1-11H.